The Labute approximate surface area is 216 Å². The molecule has 37 heavy (non-hydrogen) atoms. The van der Waals surface area contributed by atoms with Gasteiger partial charge in [-0.15, -0.1) is 0 Å². The van der Waals surface area contributed by atoms with Crippen molar-refractivity contribution in [3.63, 3.8) is 0 Å². The van der Waals surface area contributed by atoms with Gasteiger partial charge in [-0.05, 0) is 66.6 Å². The van der Waals surface area contributed by atoms with Gasteiger partial charge in [0.05, 0.1) is 7.11 Å². The Morgan fingerprint density at radius 3 is 1.92 bits per heavy atom. The number of carbonyl (C=O) groups is 1. The van der Waals surface area contributed by atoms with Crippen molar-refractivity contribution in [3.05, 3.63) is 120 Å². The predicted molar refractivity (Wildman–Crippen MR) is 138 cm³/mol. The molecule has 8 heteroatoms. The number of benzene rings is 4. The van der Waals surface area contributed by atoms with E-state index in [0.717, 1.165) is 16.7 Å². The minimum atomic E-state index is -3.96. The molecule has 0 spiro atoms. The SMILES string of the molecule is COc1ccc(C(OC(=O)COc2ccc(OS(=O)(=O)c3ccc(C)cc3)cc2)c2ccccc2)cc1. The molecule has 4 aromatic carbocycles. The van der Waals surface area contributed by atoms with Crippen LogP contribution in [-0.2, 0) is 19.6 Å². The summed E-state index contributed by atoms with van der Waals surface area (Å²) in [5.74, 6) is 0.619. The highest BCUT2D eigenvalue weighted by atomic mass is 32.2. The van der Waals surface area contributed by atoms with E-state index in [2.05, 4.69) is 0 Å². The molecule has 0 amide bonds. The number of rotatable bonds is 10. The highest BCUT2D eigenvalue weighted by Gasteiger charge is 2.20. The van der Waals surface area contributed by atoms with Gasteiger partial charge >= 0.3 is 16.1 Å². The van der Waals surface area contributed by atoms with E-state index < -0.39 is 22.2 Å². The van der Waals surface area contributed by atoms with E-state index in [1.165, 1.54) is 36.4 Å². The summed E-state index contributed by atoms with van der Waals surface area (Å²) in [5.41, 5.74) is 2.55. The van der Waals surface area contributed by atoms with Gasteiger partial charge in [0.25, 0.3) is 0 Å². The third-order valence-electron chi connectivity index (χ3n) is 5.47. The maximum Gasteiger partial charge on any atom is 0.345 e. The number of methoxy groups -OCH3 is 1. The Bertz CT molecular complexity index is 1410. The van der Waals surface area contributed by atoms with Gasteiger partial charge < -0.3 is 18.4 Å². The van der Waals surface area contributed by atoms with Crippen molar-refractivity contribution in [1.29, 1.82) is 0 Å². The second-order valence-corrected chi connectivity index (χ2v) is 9.71. The lowest BCUT2D eigenvalue weighted by Gasteiger charge is -2.19. The van der Waals surface area contributed by atoms with Gasteiger partial charge in [0.2, 0.25) is 0 Å². The largest absolute Gasteiger partial charge is 0.497 e. The van der Waals surface area contributed by atoms with Gasteiger partial charge in [0.15, 0.2) is 12.7 Å². The minimum absolute atomic E-state index is 0.0611. The van der Waals surface area contributed by atoms with Crippen LogP contribution in [0.3, 0.4) is 0 Å². The molecule has 7 nitrogen and oxygen atoms in total. The molecule has 0 aromatic heterocycles. The van der Waals surface area contributed by atoms with Crippen molar-refractivity contribution in [3.8, 4) is 17.2 Å². The molecule has 0 aliphatic carbocycles. The Morgan fingerprint density at radius 1 is 0.730 bits per heavy atom. The monoisotopic (exact) mass is 518 g/mol. The number of carbonyl (C=O) groups excluding carboxylic acids is 1. The van der Waals surface area contributed by atoms with Crippen molar-refractivity contribution in [2.75, 3.05) is 13.7 Å². The van der Waals surface area contributed by atoms with E-state index >= 15 is 0 Å². The van der Waals surface area contributed by atoms with Gasteiger partial charge in [0, 0.05) is 0 Å². The fourth-order valence-corrected chi connectivity index (χ4v) is 4.44. The van der Waals surface area contributed by atoms with E-state index in [1.54, 1.807) is 31.4 Å². The normalized spacial score (nSPS) is 11.8. The first-order valence-electron chi connectivity index (χ1n) is 11.5. The fourth-order valence-electron chi connectivity index (χ4n) is 3.51. The Balaban J connectivity index is 1.38. The first-order chi connectivity index (χ1) is 17.8. The quantitative estimate of drug-likeness (QED) is 0.203. The van der Waals surface area contributed by atoms with Crippen molar-refractivity contribution < 1.29 is 31.6 Å². The van der Waals surface area contributed by atoms with Crippen LogP contribution >= 0.6 is 0 Å². The highest BCUT2D eigenvalue weighted by Crippen LogP contribution is 2.28. The Kier molecular flexibility index (Phi) is 8.10. The molecule has 0 heterocycles. The van der Waals surface area contributed by atoms with E-state index in [9.17, 15) is 13.2 Å². The zero-order valence-electron chi connectivity index (χ0n) is 20.4. The molecule has 4 aromatic rings. The molecule has 1 atom stereocenters. The Morgan fingerprint density at radius 2 is 1.30 bits per heavy atom. The molecule has 0 fully saturated rings. The summed E-state index contributed by atoms with van der Waals surface area (Å²) in [6, 6.07) is 29.0. The van der Waals surface area contributed by atoms with Gasteiger partial charge in [-0.2, -0.15) is 8.42 Å². The smallest absolute Gasteiger partial charge is 0.345 e. The van der Waals surface area contributed by atoms with Crippen LogP contribution in [0, 0.1) is 6.92 Å². The summed E-state index contributed by atoms with van der Waals surface area (Å²) < 4.78 is 46.7. The molecule has 0 saturated carbocycles. The van der Waals surface area contributed by atoms with Gasteiger partial charge in [0.1, 0.15) is 22.1 Å². The standard InChI is InChI=1S/C29H26O7S/c1-21-8-18-27(19-9-21)37(31,32)36-26-16-14-25(15-17-26)34-20-28(30)35-29(22-6-4-3-5-7-22)23-10-12-24(33-2)13-11-23/h3-19,29H,20H2,1-2H3. The second kappa shape index (κ2) is 11.6. The number of ether oxygens (including phenoxy) is 3. The number of hydrogen-bond donors (Lipinski definition) is 0. The molecular weight excluding hydrogens is 492 g/mol. The summed E-state index contributed by atoms with van der Waals surface area (Å²) >= 11 is 0. The van der Waals surface area contributed by atoms with Crippen LogP contribution in [0.25, 0.3) is 0 Å². The summed E-state index contributed by atoms with van der Waals surface area (Å²) in [6.07, 6.45) is -0.619. The van der Waals surface area contributed by atoms with Crippen LogP contribution in [0.5, 0.6) is 17.2 Å². The van der Waals surface area contributed by atoms with Crippen LogP contribution in [0.15, 0.2) is 108 Å². The molecule has 0 aliphatic rings. The van der Waals surface area contributed by atoms with E-state index in [4.69, 9.17) is 18.4 Å². The zero-order valence-corrected chi connectivity index (χ0v) is 21.2. The van der Waals surface area contributed by atoms with E-state index in [1.807, 2.05) is 49.4 Å². The van der Waals surface area contributed by atoms with Crippen LogP contribution in [0.2, 0.25) is 0 Å². The molecule has 0 radical (unpaired) electrons. The predicted octanol–water partition coefficient (Wildman–Crippen LogP) is 5.48. The van der Waals surface area contributed by atoms with Crippen LogP contribution in [-0.4, -0.2) is 28.1 Å². The van der Waals surface area contributed by atoms with Gasteiger partial charge in [-0.1, -0.05) is 60.2 Å². The van der Waals surface area contributed by atoms with Gasteiger partial charge in [-0.3, -0.25) is 0 Å². The molecule has 4 rings (SSSR count). The van der Waals surface area contributed by atoms with Crippen molar-refractivity contribution in [1.82, 2.24) is 0 Å². The minimum Gasteiger partial charge on any atom is -0.497 e. The molecule has 0 aliphatic heterocycles. The maximum atomic E-state index is 12.7. The Hall–Kier alpha value is -4.30. The molecule has 1 unspecified atom stereocenters. The molecule has 0 bridgehead atoms. The summed E-state index contributed by atoms with van der Waals surface area (Å²) in [5, 5.41) is 0. The molecular formula is C29H26O7S. The van der Waals surface area contributed by atoms with Crippen molar-refractivity contribution in [2.24, 2.45) is 0 Å². The lowest BCUT2D eigenvalue weighted by atomic mass is 10.0. The number of aryl methyl sites for hydroxylation is 1. The maximum absolute atomic E-state index is 12.7. The third kappa shape index (κ3) is 6.89. The zero-order chi connectivity index (χ0) is 26.3. The number of hydrogen-bond acceptors (Lipinski definition) is 7. The molecule has 190 valence electrons. The van der Waals surface area contributed by atoms with E-state index in [0.29, 0.717) is 11.5 Å². The lowest BCUT2D eigenvalue weighted by molar-refractivity contribution is -0.149. The van der Waals surface area contributed by atoms with Crippen LogP contribution in [0.1, 0.15) is 22.8 Å². The van der Waals surface area contributed by atoms with Gasteiger partial charge in [-0.25, -0.2) is 4.79 Å². The first-order valence-corrected chi connectivity index (χ1v) is 12.9. The number of esters is 1. The third-order valence-corrected chi connectivity index (χ3v) is 6.73. The summed E-state index contributed by atoms with van der Waals surface area (Å²) in [7, 11) is -2.38. The van der Waals surface area contributed by atoms with Crippen LogP contribution in [0.4, 0.5) is 0 Å². The average molecular weight is 519 g/mol. The highest BCUT2D eigenvalue weighted by molar-refractivity contribution is 7.87. The fraction of sp³-hybridized carbons (Fsp3) is 0.138. The summed E-state index contributed by atoms with van der Waals surface area (Å²) in [6.45, 7) is 1.54. The lowest BCUT2D eigenvalue weighted by Crippen LogP contribution is -2.19. The van der Waals surface area contributed by atoms with E-state index in [-0.39, 0.29) is 17.3 Å². The first kappa shape index (κ1) is 25.8. The molecule has 0 N–H and O–H groups in total. The van der Waals surface area contributed by atoms with Crippen LogP contribution < -0.4 is 13.7 Å². The molecule has 0 saturated heterocycles. The van der Waals surface area contributed by atoms with Crippen molar-refractivity contribution in [2.45, 2.75) is 17.9 Å². The topological polar surface area (TPSA) is 88.1 Å². The average Bonchev–Trinajstić information content (AvgIpc) is 2.92. The summed E-state index contributed by atoms with van der Waals surface area (Å²) in [4.78, 5) is 12.7. The second-order valence-electron chi connectivity index (χ2n) is 8.16. The van der Waals surface area contributed by atoms with Crippen molar-refractivity contribution >= 4 is 16.1 Å².